The molecule has 7 nitrogen and oxygen atoms in total. The Bertz CT molecular complexity index is 997. The van der Waals surface area contributed by atoms with Gasteiger partial charge in [-0.1, -0.05) is 12.1 Å². The first-order chi connectivity index (χ1) is 12.1. The first kappa shape index (κ1) is 16.5. The molecule has 1 aromatic carbocycles. The maximum Gasteiger partial charge on any atom is 0.342 e. The van der Waals surface area contributed by atoms with E-state index in [1.807, 2.05) is 0 Å². The second-order valence-electron chi connectivity index (χ2n) is 4.98. The van der Waals surface area contributed by atoms with Gasteiger partial charge in [-0.3, -0.25) is 5.10 Å². The third-order valence-corrected chi connectivity index (χ3v) is 4.08. The number of hydrogen-bond acceptors (Lipinski definition) is 6. The highest BCUT2D eigenvalue weighted by Gasteiger charge is 2.15. The fourth-order valence-electron chi connectivity index (χ4n) is 2.10. The van der Waals surface area contributed by atoms with Crippen LogP contribution >= 0.6 is 11.8 Å². The summed E-state index contributed by atoms with van der Waals surface area (Å²) in [5.41, 5.74) is 1.13. The van der Waals surface area contributed by atoms with Crippen molar-refractivity contribution in [3.63, 3.8) is 0 Å². The van der Waals surface area contributed by atoms with E-state index in [2.05, 4.69) is 21.3 Å². The second kappa shape index (κ2) is 7.07. The van der Waals surface area contributed by atoms with Crippen LogP contribution in [0, 0.1) is 18.3 Å². The number of aromatic nitrogens is 3. The number of thioether (sulfide) groups is 1. The molecule has 0 spiro atoms. The van der Waals surface area contributed by atoms with Crippen LogP contribution in [0.1, 0.15) is 17.1 Å². The fourth-order valence-corrected chi connectivity index (χ4v) is 2.83. The van der Waals surface area contributed by atoms with E-state index >= 15 is 0 Å². The smallest absolute Gasteiger partial charge is 0.342 e. The Morgan fingerprint density at radius 1 is 1.36 bits per heavy atom. The van der Waals surface area contributed by atoms with Crippen LogP contribution in [0.15, 0.2) is 50.9 Å². The van der Waals surface area contributed by atoms with Crippen LogP contribution in [0.25, 0.3) is 17.4 Å². The predicted molar refractivity (Wildman–Crippen MR) is 91.4 cm³/mol. The summed E-state index contributed by atoms with van der Waals surface area (Å²) in [7, 11) is 0. The topological polar surface area (TPSA) is 116 Å². The molecule has 8 heteroatoms. The number of H-pyrrole nitrogens is 1. The third-order valence-electron chi connectivity index (χ3n) is 3.20. The lowest BCUT2D eigenvalue weighted by Crippen LogP contribution is -1.97. The summed E-state index contributed by atoms with van der Waals surface area (Å²) < 4.78 is 5.68. The molecule has 0 bridgehead atoms. The molecule has 0 radical (unpaired) electrons. The number of aliphatic carboxylic acids is 1. The number of carboxylic acid groups (broad SMARTS) is 1. The van der Waals surface area contributed by atoms with Gasteiger partial charge in [0, 0.05) is 11.6 Å². The quantitative estimate of drug-likeness (QED) is 0.533. The second-order valence-corrected chi connectivity index (χ2v) is 5.99. The molecule has 25 heavy (non-hydrogen) atoms. The number of rotatable bonds is 5. The number of carboxylic acids is 1. The van der Waals surface area contributed by atoms with Gasteiger partial charge < -0.3 is 9.52 Å². The third kappa shape index (κ3) is 3.79. The molecule has 124 valence electrons. The van der Waals surface area contributed by atoms with Crippen molar-refractivity contribution >= 4 is 23.8 Å². The molecular formula is C17H12N4O3S. The molecule has 2 aromatic heterocycles. The lowest BCUT2D eigenvalue weighted by Gasteiger charge is -2.00. The normalized spacial score (nSPS) is 11.3. The minimum Gasteiger partial charge on any atom is -0.477 e. The summed E-state index contributed by atoms with van der Waals surface area (Å²) in [5, 5.41) is 25.4. The highest BCUT2D eigenvalue weighted by molar-refractivity contribution is 8.04. The van der Waals surface area contributed by atoms with Gasteiger partial charge in [0.1, 0.15) is 22.3 Å². The monoisotopic (exact) mass is 352 g/mol. The zero-order chi connectivity index (χ0) is 17.8. The highest BCUT2D eigenvalue weighted by Crippen LogP contribution is 2.29. The SMILES string of the molecule is Cc1nc(S/C(=C\c2ccc(-c3ccccc3C#N)o2)C(=O)O)n[nH]1. The Morgan fingerprint density at radius 3 is 2.84 bits per heavy atom. The lowest BCUT2D eigenvalue weighted by atomic mass is 10.1. The zero-order valence-corrected chi connectivity index (χ0v) is 13.9. The molecule has 3 aromatic rings. The van der Waals surface area contributed by atoms with Gasteiger partial charge in [0.05, 0.1) is 11.6 Å². The average molecular weight is 352 g/mol. The first-order valence-electron chi connectivity index (χ1n) is 7.18. The molecule has 0 unspecified atom stereocenters. The van der Waals surface area contributed by atoms with Crippen molar-refractivity contribution in [3.8, 4) is 17.4 Å². The van der Waals surface area contributed by atoms with Gasteiger partial charge in [0.2, 0.25) is 5.16 Å². The molecule has 0 atom stereocenters. The van der Waals surface area contributed by atoms with Crippen molar-refractivity contribution in [1.82, 2.24) is 15.2 Å². The Labute approximate surface area is 147 Å². The minimum absolute atomic E-state index is 0.0217. The van der Waals surface area contributed by atoms with Crippen LogP contribution in [-0.2, 0) is 4.79 Å². The van der Waals surface area contributed by atoms with E-state index in [4.69, 9.17) is 9.68 Å². The maximum atomic E-state index is 11.5. The Kier molecular flexibility index (Phi) is 4.68. The molecule has 0 amide bonds. The number of benzene rings is 1. The van der Waals surface area contributed by atoms with Crippen LogP contribution < -0.4 is 0 Å². The van der Waals surface area contributed by atoms with E-state index in [1.165, 1.54) is 6.08 Å². The number of aryl methyl sites for hydroxylation is 1. The standard InChI is InChI=1S/C17H12N4O3S/c1-10-19-17(21-20-10)25-15(16(22)23)8-12-6-7-14(24-12)13-5-3-2-4-11(13)9-18/h2-8H,1H3,(H,22,23)(H,19,20,21)/b15-8-. The van der Waals surface area contributed by atoms with Crippen LogP contribution in [0.4, 0.5) is 0 Å². The van der Waals surface area contributed by atoms with Crippen molar-refractivity contribution in [2.75, 3.05) is 0 Å². The van der Waals surface area contributed by atoms with Crippen LogP contribution in [0.3, 0.4) is 0 Å². The lowest BCUT2D eigenvalue weighted by molar-refractivity contribution is -0.131. The van der Waals surface area contributed by atoms with Gasteiger partial charge in [-0.15, -0.1) is 5.10 Å². The Balaban J connectivity index is 1.90. The summed E-state index contributed by atoms with van der Waals surface area (Å²) in [6.45, 7) is 1.73. The van der Waals surface area contributed by atoms with E-state index in [-0.39, 0.29) is 4.91 Å². The van der Waals surface area contributed by atoms with E-state index in [0.29, 0.717) is 33.6 Å². The fraction of sp³-hybridized carbons (Fsp3) is 0.0588. The molecule has 2 heterocycles. The van der Waals surface area contributed by atoms with E-state index in [0.717, 1.165) is 11.8 Å². The summed E-state index contributed by atoms with van der Waals surface area (Å²) in [6.07, 6.45) is 1.40. The van der Waals surface area contributed by atoms with E-state index < -0.39 is 5.97 Å². The van der Waals surface area contributed by atoms with Gasteiger partial charge in [-0.05, 0) is 43.0 Å². The van der Waals surface area contributed by atoms with Gasteiger partial charge >= 0.3 is 5.97 Å². The molecule has 0 aliphatic rings. The van der Waals surface area contributed by atoms with Crippen LogP contribution in [0.2, 0.25) is 0 Å². The Hall–Kier alpha value is -3.31. The number of nitrogens with zero attached hydrogens (tertiary/aromatic N) is 3. The average Bonchev–Trinajstić information content (AvgIpc) is 3.23. The Morgan fingerprint density at radius 2 is 2.16 bits per heavy atom. The molecule has 3 rings (SSSR count). The van der Waals surface area contributed by atoms with Crippen molar-refractivity contribution < 1.29 is 14.3 Å². The number of hydrogen-bond donors (Lipinski definition) is 2. The van der Waals surface area contributed by atoms with Crippen molar-refractivity contribution in [3.05, 3.63) is 58.5 Å². The number of carbonyl (C=O) groups is 1. The maximum absolute atomic E-state index is 11.5. The summed E-state index contributed by atoms with van der Waals surface area (Å²) in [4.78, 5) is 15.5. The summed E-state index contributed by atoms with van der Waals surface area (Å²) in [5.74, 6) is 0.343. The van der Waals surface area contributed by atoms with Crippen LogP contribution in [0.5, 0.6) is 0 Å². The van der Waals surface area contributed by atoms with E-state index in [9.17, 15) is 9.90 Å². The predicted octanol–water partition coefficient (Wildman–Crippen LogP) is 3.46. The van der Waals surface area contributed by atoms with Gasteiger partial charge in [0.25, 0.3) is 0 Å². The first-order valence-corrected chi connectivity index (χ1v) is 7.99. The molecular weight excluding hydrogens is 340 g/mol. The largest absolute Gasteiger partial charge is 0.477 e. The van der Waals surface area contributed by atoms with Crippen molar-refractivity contribution in [2.24, 2.45) is 0 Å². The van der Waals surface area contributed by atoms with E-state index in [1.54, 1.807) is 43.3 Å². The zero-order valence-electron chi connectivity index (χ0n) is 13.1. The van der Waals surface area contributed by atoms with Crippen LogP contribution in [-0.4, -0.2) is 26.3 Å². The van der Waals surface area contributed by atoms with Gasteiger partial charge in [-0.2, -0.15) is 5.26 Å². The number of nitriles is 1. The molecule has 0 saturated carbocycles. The summed E-state index contributed by atoms with van der Waals surface area (Å²) in [6, 6.07) is 12.5. The van der Waals surface area contributed by atoms with Gasteiger partial charge in [0.15, 0.2) is 0 Å². The van der Waals surface area contributed by atoms with Crippen molar-refractivity contribution in [2.45, 2.75) is 12.1 Å². The number of nitrogens with one attached hydrogen (secondary N) is 1. The summed E-state index contributed by atoms with van der Waals surface area (Å²) >= 11 is 0.921. The molecule has 0 fully saturated rings. The molecule has 2 N–H and O–H groups in total. The minimum atomic E-state index is -1.11. The molecule has 0 aliphatic heterocycles. The number of furan rings is 1. The van der Waals surface area contributed by atoms with Crippen molar-refractivity contribution in [1.29, 1.82) is 5.26 Å². The van der Waals surface area contributed by atoms with Gasteiger partial charge in [-0.25, -0.2) is 9.78 Å². The number of aromatic amines is 1. The molecule has 0 saturated heterocycles. The highest BCUT2D eigenvalue weighted by atomic mass is 32.2. The molecule has 0 aliphatic carbocycles.